The molecule has 0 saturated heterocycles. The fraction of sp³-hybridized carbons (Fsp3) is 0.250. The van der Waals surface area contributed by atoms with E-state index in [0.717, 1.165) is 0 Å². The molecule has 0 heterocycles. The summed E-state index contributed by atoms with van der Waals surface area (Å²) in [5.74, 6) is -0.0254. The molecule has 2 heteroatoms. The van der Waals surface area contributed by atoms with Gasteiger partial charge in [0.15, 0.2) is 5.78 Å². The Morgan fingerprint density at radius 1 is 1.60 bits per heavy atom. The molecule has 10 heavy (non-hydrogen) atoms. The number of hydrogen-bond acceptors (Lipinski definition) is 2. The molecule has 0 unspecified atom stereocenters. The van der Waals surface area contributed by atoms with E-state index in [4.69, 9.17) is 0 Å². The Morgan fingerprint density at radius 3 is 2.60 bits per heavy atom. The van der Waals surface area contributed by atoms with Crippen molar-refractivity contribution in [2.45, 2.75) is 13.8 Å². The maximum absolute atomic E-state index is 10.5. The highest BCUT2D eigenvalue weighted by molar-refractivity contribution is 5.95. The van der Waals surface area contributed by atoms with Crippen molar-refractivity contribution in [3.05, 3.63) is 24.4 Å². The van der Waals surface area contributed by atoms with E-state index in [1.165, 1.54) is 6.92 Å². The van der Waals surface area contributed by atoms with Gasteiger partial charge in [-0.3, -0.25) is 9.79 Å². The van der Waals surface area contributed by atoms with Gasteiger partial charge in [-0.15, -0.1) is 0 Å². The van der Waals surface area contributed by atoms with Crippen molar-refractivity contribution in [3.63, 3.8) is 0 Å². The minimum Gasteiger partial charge on any atom is -0.295 e. The molecule has 2 nitrogen and oxygen atoms in total. The Morgan fingerprint density at radius 2 is 2.20 bits per heavy atom. The van der Waals surface area contributed by atoms with Gasteiger partial charge >= 0.3 is 0 Å². The van der Waals surface area contributed by atoms with Crippen molar-refractivity contribution in [1.29, 1.82) is 0 Å². The summed E-state index contributed by atoms with van der Waals surface area (Å²) in [6, 6.07) is 0. The van der Waals surface area contributed by atoms with E-state index in [0.29, 0.717) is 5.57 Å². The van der Waals surface area contributed by atoms with Crippen molar-refractivity contribution < 1.29 is 4.79 Å². The number of Topliss-reactive ketones (excluding diaryl/α,β-unsaturated/α-hetero) is 1. The molecule has 0 fully saturated rings. The summed E-state index contributed by atoms with van der Waals surface area (Å²) in [5, 5.41) is 0. The van der Waals surface area contributed by atoms with Crippen molar-refractivity contribution in [3.8, 4) is 0 Å². The van der Waals surface area contributed by atoms with Crippen LogP contribution in [0.25, 0.3) is 0 Å². The monoisotopic (exact) mass is 137 g/mol. The van der Waals surface area contributed by atoms with Crippen LogP contribution in [0.15, 0.2) is 29.4 Å². The van der Waals surface area contributed by atoms with Crippen molar-refractivity contribution in [1.82, 2.24) is 0 Å². The number of hydrogen-bond donors (Lipinski definition) is 0. The molecule has 0 aliphatic carbocycles. The van der Waals surface area contributed by atoms with E-state index in [-0.39, 0.29) is 5.78 Å². The van der Waals surface area contributed by atoms with Crippen LogP contribution in [0.4, 0.5) is 0 Å². The minimum atomic E-state index is -0.0254. The van der Waals surface area contributed by atoms with Crippen LogP contribution in [0.1, 0.15) is 13.8 Å². The maximum atomic E-state index is 10.5. The molecule has 0 saturated carbocycles. The van der Waals surface area contributed by atoms with E-state index < -0.39 is 0 Å². The van der Waals surface area contributed by atoms with Gasteiger partial charge in [0.2, 0.25) is 0 Å². The van der Waals surface area contributed by atoms with E-state index in [9.17, 15) is 4.79 Å². The first-order valence-electron chi connectivity index (χ1n) is 3.02. The Balaban J connectivity index is 3.90. The Kier molecular flexibility index (Phi) is 4.12. The molecule has 0 aromatic carbocycles. The third kappa shape index (κ3) is 3.78. The van der Waals surface area contributed by atoms with Crippen LogP contribution in [-0.4, -0.2) is 12.0 Å². The molecular weight excluding hydrogens is 126 g/mol. The summed E-state index contributed by atoms with van der Waals surface area (Å²) in [5.41, 5.74) is 0.477. The SMILES string of the molecule is C=C(/C=C\N=CC)C(C)=O. The third-order valence-electron chi connectivity index (χ3n) is 0.963. The van der Waals surface area contributed by atoms with Gasteiger partial charge in [0.05, 0.1) is 0 Å². The molecule has 0 rings (SSSR count). The summed E-state index contributed by atoms with van der Waals surface area (Å²) < 4.78 is 0. The largest absolute Gasteiger partial charge is 0.295 e. The van der Waals surface area contributed by atoms with Gasteiger partial charge in [-0.05, 0) is 19.9 Å². The topological polar surface area (TPSA) is 29.4 Å². The van der Waals surface area contributed by atoms with Crippen LogP contribution in [-0.2, 0) is 4.79 Å². The zero-order chi connectivity index (χ0) is 7.98. The zero-order valence-electron chi connectivity index (χ0n) is 6.29. The molecule has 0 aromatic rings. The summed E-state index contributed by atoms with van der Waals surface area (Å²) in [6.07, 6.45) is 4.77. The fourth-order valence-electron chi connectivity index (χ4n) is 0.336. The van der Waals surface area contributed by atoms with Crippen molar-refractivity contribution in [2.75, 3.05) is 0 Å². The average Bonchev–Trinajstić information content (AvgIpc) is 1.88. The summed E-state index contributed by atoms with van der Waals surface area (Å²) in [6.45, 7) is 6.80. The smallest absolute Gasteiger partial charge is 0.159 e. The van der Waals surface area contributed by atoms with E-state index in [1.807, 2.05) is 0 Å². The van der Waals surface area contributed by atoms with E-state index in [2.05, 4.69) is 11.6 Å². The van der Waals surface area contributed by atoms with Crippen LogP contribution in [0.2, 0.25) is 0 Å². The molecule has 54 valence electrons. The quantitative estimate of drug-likeness (QED) is 0.331. The second kappa shape index (κ2) is 4.68. The lowest BCUT2D eigenvalue weighted by Crippen LogP contribution is -1.89. The lowest BCUT2D eigenvalue weighted by molar-refractivity contribution is -0.113. The normalized spacial score (nSPS) is 11.0. The molecule has 0 aliphatic rings. The lowest BCUT2D eigenvalue weighted by Gasteiger charge is -1.86. The van der Waals surface area contributed by atoms with E-state index in [1.54, 1.807) is 25.4 Å². The Bertz CT molecular complexity index is 189. The van der Waals surface area contributed by atoms with Gasteiger partial charge < -0.3 is 0 Å². The van der Waals surface area contributed by atoms with Crippen LogP contribution in [0, 0.1) is 0 Å². The molecule has 0 N–H and O–H groups in total. The van der Waals surface area contributed by atoms with Crippen LogP contribution >= 0.6 is 0 Å². The number of carbonyl (C=O) groups is 1. The molecule has 0 bridgehead atoms. The maximum Gasteiger partial charge on any atom is 0.159 e. The second-order valence-corrected chi connectivity index (χ2v) is 1.80. The highest BCUT2D eigenvalue weighted by Gasteiger charge is 1.91. The van der Waals surface area contributed by atoms with Gasteiger partial charge in [-0.1, -0.05) is 6.58 Å². The molecule has 0 aromatic heterocycles. The first-order valence-corrected chi connectivity index (χ1v) is 3.02. The number of rotatable bonds is 3. The van der Waals surface area contributed by atoms with Gasteiger partial charge in [0.1, 0.15) is 0 Å². The van der Waals surface area contributed by atoms with Gasteiger partial charge in [-0.2, -0.15) is 0 Å². The summed E-state index contributed by atoms with van der Waals surface area (Å²) >= 11 is 0. The van der Waals surface area contributed by atoms with Gasteiger partial charge in [-0.25, -0.2) is 0 Å². The molecule has 0 spiro atoms. The highest BCUT2D eigenvalue weighted by atomic mass is 16.1. The first kappa shape index (κ1) is 8.82. The van der Waals surface area contributed by atoms with Crippen LogP contribution in [0.3, 0.4) is 0 Å². The molecule has 0 aliphatic heterocycles. The predicted octanol–water partition coefficient (Wildman–Crippen LogP) is 1.74. The first-order chi connectivity index (χ1) is 4.68. The number of aliphatic imine (C=N–C) groups is 1. The zero-order valence-corrected chi connectivity index (χ0v) is 6.29. The molecule has 0 radical (unpaired) electrons. The second-order valence-electron chi connectivity index (χ2n) is 1.80. The minimum absolute atomic E-state index is 0.0254. The number of ketones is 1. The molecular formula is C8H11NO. The third-order valence-corrected chi connectivity index (χ3v) is 0.963. The summed E-state index contributed by atoms with van der Waals surface area (Å²) in [4.78, 5) is 14.3. The highest BCUT2D eigenvalue weighted by Crippen LogP contribution is 1.93. The number of carbonyl (C=O) groups excluding carboxylic acids is 1. The van der Waals surface area contributed by atoms with Gasteiger partial charge in [0, 0.05) is 18.0 Å². The van der Waals surface area contributed by atoms with Crippen molar-refractivity contribution in [2.24, 2.45) is 4.99 Å². The Labute approximate surface area is 61.0 Å². The van der Waals surface area contributed by atoms with Gasteiger partial charge in [0.25, 0.3) is 0 Å². The number of allylic oxidation sites excluding steroid dienone is 2. The predicted molar refractivity (Wildman–Crippen MR) is 43.1 cm³/mol. The average molecular weight is 137 g/mol. The molecule has 0 amide bonds. The van der Waals surface area contributed by atoms with E-state index >= 15 is 0 Å². The van der Waals surface area contributed by atoms with Crippen molar-refractivity contribution >= 4 is 12.0 Å². The fourth-order valence-corrected chi connectivity index (χ4v) is 0.336. The number of nitrogens with zero attached hydrogens (tertiary/aromatic N) is 1. The lowest BCUT2D eigenvalue weighted by atomic mass is 10.2. The Hall–Kier alpha value is -1.18. The van der Waals surface area contributed by atoms with Crippen LogP contribution < -0.4 is 0 Å². The molecule has 0 atom stereocenters. The standard InChI is InChI=1S/C8H11NO/c1-4-9-6-5-7(2)8(3)10/h4-6H,2H2,1,3H3/b6-5-,9-4?. The van der Waals surface area contributed by atoms with Crippen LogP contribution in [0.5, 0.6) is 0 Å². The summed E-state index contributed by atoms with van der Waals surface area (Å²) in [7, 11) is 0.